The van der Waals surface area contributed by atoms with Gasteiger partial charge in [0.2, 0.25) is 5.88 Å². The highest BCUT2D eigenvalue weighted by molar-refractivity contribution is 6.32. The van der Waals surface area contributed by atoms with Crippen LogP contribution in [-0.2, 0) is 5.88 Å². The van der Waals surface area contributed by atoms with E-state index < -0.39 is 5.82 Å². The summed E-state index contributed by atoms with van der Waals surface area (Å²) in [6.07, 6.45) is 0. The monoisotopic (exact) mass is 305 g/mol. The zero-order chi connectivity index (χ0) is 13.1. The van der Waals surface area contributed by atoms with Crippen LogP contribution >= 0.6 is 34.8 Å². The second-order valence-electron chi connectivity index (χ2n) is 3.39. The molecule has 2 rings (SSSR count). The summed E-state index contributed by atoms with van der Waals surface area (Å²) in [5.41, 5.74) is 0.508. The molecule has 0 aliphatic rings. The van der Waals surface area contributed by atoms with Gasteiger partial charge in [-0.1, -0.05) is 23.2 Å². The van der Waals surface area contributed by atoms with Gasteiger partial charge in [-0.2, -0.15) is 0 Å². The first-order chi connectivity index (χ1) is 8.60. The van der Waals surface area contributed by atoms with Crippen LogP contribution in [0.5, 0.6) is 11.6 Å². The van der Waals surface area contributed by atoms with E-state index in [0.717, 1.165) is 6.07 Å². The number of rotatable bonds is 3. The first-order valence-electron chi connectivity index (χ1n) is 4.94. The average molecular weight is 307 g/mol. The molecule has 0 saturated heterocycles. The SMILES string of the molecule is Fc1ccc(Oc2ccc(Cl)c(CCl)n2)c(Cl)c1. The largest absolute Gasteiger partial charge is 0.437 e. The lowest BCUT2D eigenvalue weighted by Crippen LogP contribution is -1.93. The lowest BCUT2D eigenvalue weighted by Gasteiger charge is -2.08. The predicted molar refractivity (Wildman–Crippen MR) is 70.3 cm³/mol. The van der Waals surface area contributed by atoms with Crippen molar-refractivity contribution in [1.82, 2.24) is 4.98 Å². The zero-order valence-corrected chi connectivity index (χ0v) is 11.2. The van der Waals surface area contributed by atoms with Gasteiger partial charge in [-0.05, 0) is 24.3 Å². The molecule has 0 saturated carbocycles. The number of halogens is 4. The van der Waals surface area contributed by atoms with E-state index in [1.54, 1.807) is 12.1 Å². The molecular weight excluding hydrogens is 299 g/mol. The third-order valence-corrected chi connectivity index (χ3v) is 3.02. The van der Waals surface area contributed by atoms with Gasteiger partial charge in [0.15, 0.2) is 0 Å². The Morgan fingerprint density at radius 3 is 2.56 bits per heavy atom. The van der Waals surface area contributed by atoms with Crippen LogP contribution in [-0.4, -0.2) is 4.98 Å². The Kier molecular flexibility index (Phi) is 4.27. The molecule has 6 heteroatoms. The van der Waals surface area contributed by atoms with Crippen LogP contribution in [0.2, 0.25) is 10.0 Å². The van der Waals surface area contributed by atoms with Crippen molar-refractivity contribution in [1.29, 1.82) is 0 Å². The summed E-state index contributed by atoms with van der Waals surface area (Å²) < 4.78 is 18.3. The molecule has 2 aromatic rings. The van der Waals surface area contributed by atoms with Gasteiger partial charge in [-0.25, -0.2) is 9.37 Å². The second-order valence-corrected chi connectivity index (χ2v) is 4.47. The molecule has 0 fully saturated rings. The number of aromatic nitrogens is 1. The van der Waals surface area contributed by atoms with E-state index in [1.807, 2.05) is 0 Å². The molecular formula is C12H7Cl3FNO. The Hall–Kier alpha value is -1.03. The number of pyridine rings is 1. The number of benzene rings is 1. The number of hydrogen-bond donors (Lipinski definition) is 0. The molecule has 1 heterocycles. The first kappa shape index (κ1) is 13.4. The van der Waals surface area contributed by atoms with Gasteiger partial charge in [0.1, 0.15) is 11.6 Å². The average Bonchev–Trinajstić information content (AvgIpc) is 2.35. The lowest BCUT2D eigenvalue weighted by molar-refractivity contribution is 0.460. The fourth-order valence-electron chi connectivity index (χ4n) is 1.29. The van der Waals surface area contributed by atoms with Crippen molar-refractivity contribution in [3.8, 4) is 11.6 Å². The zero-order valence-electron chi connectivity index (χ0n) is 8.96. The Balaban J connectivity index is 2.28. The lowest BCUT2D eigenvalue weighted by atomic mass is 10.3. The van der Waals surface area contributed by atoms with Crippen molar-refractivity contribution in [2.75, 3.05) is 0 Å². The molecule has 0 atom stereocenters. The molecule has 2 nitrogen and oxygen atoms in total. The van der Waals surface area contributed by atoms with E-state index in [-0.39, 0.29) is 10.9 Å². The normalized spacial score (nSPS) is 10.4. The molecule has 1 aromatic carbocycles. The number of alkyl halides is 1. The van der Waals surface area contributed by atoms with Gasteiger partial charge in [-0.3, -0.25) is 0 Å². The minimum Gasteiger partial charge on any atom is -0.437 e. The minimum atomic E-state index is -0.433. The Morgan fingerprint density at radius 2 is 1.89 bits per heavy atom. The van der Waals surface area contributed by atoms with Crippen molar-refractivity contribution in [3.63, 3.8) is 0 Å². The van der Waals surface area contributed by atoms with Gasteiger partial charge in [-0.15, -0.1) is 11.6 Å². The van der Waals surface area contributed by atoms with E-state index >= 15 is 0 Å². The van der Waals surface area contributed by atoms with E-state index in [9.17, 15) is 4.39 Å². The van der Waals surface area contributed by atoms with Crippen LogP contribution in [0.25, 0.3) is 0 Å². The molecule has 0 aliphatic heterocycles. The molecule has 0 spiro atoms. The Labute approximate surface area is 118 Å². The Bertz CT molecular complexity index is 577. The number of hydrogen-bond acceptors (Lipinski definition) is 2. The highest BCUT2D eigenvalue weighted by Crippen LogP contribution is 2.30. The standard InChI is InChI=1S/C12H7Cl3FNO/c13-6-10-8(14)2-4-12(17-10)18-11-3-1-7(16)5-9(11)15/h1-5H,6H2. The fraction of sp³-hybridized carbons (Fsp3) is 0.0833. The number of ether oxygens (including phenoxy) is 1. The topological polar surface area (TPSA) is 22.1 Å². The van der Waals surface area contributed by atoms with Gasteiger partial charge < -0.3 is 4.74 Å². The van der Waals surface area contributed by atoms with Gasteiger partial charge >= 0.3 is 0 Å². The van der Waals surface area contributed by atoms with E-state index in [4.69, 9.17) is 39.5 Å². The van der Waals surface area contributed by atoms with Crippen LogP contribution in [0.3, 0.4) is 0 Å². The van der Waals surface area contributed by atoms with Crippen molar-refractivity contribution in [3.05, 3.63) is 51.9 Å². The smallest absolute Gasteiger partial charge is 0.219 e. The predicted octanol–water partition coefficient (Wildman–Crippen LogP) is 5.06. The summed E-state index contributed by atoms with van der Waals surface area (Å²) in [6, 6.07) is 7.04. The quantitative estimate of drug-likeness (QED) is 0.740. The van der Waals surface area contributed by atoms with Crippen LogP contribution < -0.4 is 4.74 Å². The van der Waals surface area contributed by atoms with Crippen molar-refractivity contribution >= 4 is 34.8 Å². The molecule has 94 valence electrons. The third kappa shape index (κ3) is 3.05. The summed E-state index contributed by atoms with van der Waals surface area (Å²) in [7, 11) is 0. The molecule has 0 amide bonds. The maximum Gasteiger partial charge on any atom is 0.219 e. The fourth-order valence-corrected chi connectivity index (χ4v) is 1.94. The molecule has 1 aromatic heterocycles. The van der Waals surface area contributed by atoms with Crippen LogP contribution in [0, 0.1) is 5.82 Å². The minimum absolute atomic E-state index is 0.166. The van der Waals surface area contributed by atoms with Gasteiger partial charge in [0, 0.05) is 6.07 Å². The summed E-state index contributed by atoms with van der Waals surface area (Å²) >= 11 is 17.4. The summed E-state index contributed by atoms with van der Waals surface area (Å²) in [6.45, 7) is 0. The van der Waals surface area contributed by atoms with Crippen LogP contribution in [0.4, 0.5) is 4.39 Å². The summed E-state index contributed by atoms with van der Waals surface area (Å²) in [5.74, 6) is 0.350. The van der Waals surface area contributed by atoms with Crippen molar-refractivity contribution in [2.45, 2.75) is 5.88 Å². The molecule has 0 unspecified atom stereocenters. The first-order valence-corrected chi connectivity index (χ1v) is 6.23. The maximum absolute atomic E-state index is 12.9. The van der Waals surface area contributed by atoms with Gasteiger partial charge in [0.25, 0.3) is 0 Å². The molecule has 0 radical (unpaired) electrons. The van der Waals surface area contributed by atoms with Crippen molar-refractivity contribution < 1.29 is 9.13 Å². The molecule has 0 bridgehead atoms. The molecule has 18 heavy (non-hydrogen) atoms. The highest BCUT2D eigenvalue weighted by atomic mass is 35.5. The second kappa shape index (κ2) is 5.74. The molecule has 0 N–H and O–H groups in total. The van der Waals surface area contributed by atoms with Crippen molar-refractivity contribution in [2.24, 2.45) is 0 Å². The van der Waals surface area contributed by atoms with Crippen LogP contribution in [0.15, 0.2) is 30.3 Å². The maximum atomic E-state index is 12.9. The third-order valence-electron chi connectivity index (χ3n) is 2.13. The van der Waals surface area contributed by atoms with Gasteiger partial charge in [0.05, 0.1) is 21.6 Å². The summed E-state index contributed by atoms with van der Waals surface area (Å²) in [4.78, 5) is 4.11. The van der Waals surface area contributed by atoms with E-state index in [2.05, 4.69) is 4.98 Å². The highest BCUT2D eigenvalue weighted by Gasteiger charge is 2.08. The number of nitrogens with zero attached hydrogens (tertiary/aromatic N) is 1. The molecule has 0 aliphatic carbocycles. The van der Waals surface area contributed by atoms with E-state index in [0.29, 0.717) is 22.3 Å². The van der Waals surface area contributed by atoms with E-state index in [1.165, 1.54) is 12.1 Å². The summed E-state index contributed by atoms with van der Waals surface area (Å²) in [5, 5.41) is 0.627. The Morgan fingerprint density at radius 1 is 1.11 bits per heavy atom. The van der Waals surface area contributed by atoms with Crippen LogP contribution in [0.1, 0.15) is 5.69 Å².